The van der Waals surface area contributed by atoms with Crippen LogP contribution in [0.2, 0.25) is 0 Å². The fourth-order valence-corrected chi connectivity index (χ4v) is 3.94. The SMILES string of the molecule is O=C(CC[NH+]1CCCCC1)NNC(=O)c1nn(-c2ccccc2)c(=O)c2ccccc12. The van der Waals surface area contributed by atoms with Crippen LogP contribution in [0.5, 0.6) is 0 Å². The summed E-state index contributed by atoms with van der Waals surface area (Å²) in [5.74, 6) is -0.813. The van der Waals surface area contributed by atoms with Gasteiger partial charge < -0.3 is 4.90 Å². The number of likely N-dealkylation sites (tertiary alicyclic amines) is 1. The van der Waals surface area contributed by atoms with Crippen molar-refractivity contribution in [3.63, 3.8) is 0 Å². The molecule has 0 bridgehead atoms. The van der Waals surface area contributed by atoms with E-state index in [1.807, 2.05) is 6.07 Å². The van der Waals surface area contributed by atoms with E-state index in [0.717, 1.165) is 19.6 Å². The first-order valence-electron chi connectivity index (χ1n) is 10.6. The summed E-state index contributed by atoms with van der Waals surface area (Å²) < 4.78 is 1.21. The Kier molecular flexibility index (Phi) is 6.37. The van der Waals surface area contributed by atoms with Crippen LogP contribution in [0.4, 0.5) is 0 Å². The molecule has 0 aliphatic carbocycles. The van der Waals surface area contributed by atoms with Crippen LogP contribution in [-0.2, 0) is 4.79 Å². The van der Waals surface area contributed by atoms with Gasteiger partial charge in [-0.3, -0.25) is 25.2 Å². The third-order valence-corrected chi connectivity index (χ3v) is 5.60. The molecule has 1 saturated heterocycles. The van der Waals surface area contributed by atoms with Crippen LogP contribution in [0, 0.1) is 0 Å². The van der Waals surface area contributed by atoms with E-state index in [1.165, 1.54) is 28.8 Å². The van der Waals surface area contributed by atoms with Crippen molar-refractivity contribution in [3.8, 4) is 5.69 Å². The number of rotatable bonds is 5. The maximum absolute atomic E-state index is 12.9. The van der Waals surface area contributed by atoms with Crippen molar-refractivity contribution < 1.29 is 14.5 Å². The lowest BCUT2D eigenvalue weighted by molar-refractivity contribution is -0.904. The summed E-state index contributed by atoms with van der Waals surface area (Å²) in [5, 5.41) is 5.12. The maximum Gasteiger partial charge on any atom is 0.290 e. The van der Waals surface area contributed by atoms with Gasteiger partial charge in [-0.25, -0.2) is 0 Å². The van der Waals surface area contributed by atoms with Gasteiger partial charge in [0.25, 0.3) is 11.5 Å². The molecule has 0 radical (unpaired) electrons. The Bertz CT molecular complexity index is 1140. The molecule has 3 N–H and O–H groups in total. The molecule has 3 aromatic rings. The van der Waals surface area contributed by atoms with Gasteiger partial charge in [-0.15, -0.1) is 0 Å². The Hall–Kier alpha value is -3.52. The molecule has 8 nitrogen and oxygen atoms in total. The lowest BCUT2D eigenvalue weighted by Gasteiger charge is -2.23. The molecule has 0 saturated carbocycles. The molecule has 31 heavy (non-hydrogen) atoms. The Balaban J connectivity index is 1.51. The minimum Gasteiger partial charge on any atom is -0.335 e. The number of fused-ring (bicyclic) bond motifs is 1. The van der Waals surface area contributed by atoms with Gasteiger partial charge >= 0.3 is 0 Å². The number of aromatic nitrogens is 2. The van der Waals surface area contributed by atoms with Gasteiger partial charge in [-0.05, 0) is 37.5 Å². The van der Waals surface area contributed by atoms with Gasteiger partial charge in [0.15, 0.2) is 5.69 Å². The van der Waals surface area contributed by atoms with E-state index in [9.17, 15) is 14.4 Å². The molecular weight excluding hydrogens is 394 g/mol. The van der Waals surface area contributed by atoms with Crippen molar-refractivity contribution in [2.45, 2.75) is 25.7 Å². The Labute approximate surface area is 179 Å². The average molecular weight is 420 g/mol. The number of nitrogens with one attached hydrogen (secondary N) is 3. The average Bonchev–Trinajstić information content (AvgIpc) is 2.83. The summed E-state index contributed by atoms with van der Waals surface area (Å²) in [6.45, 7) is 2.94. The van der Waals surface area contributed by atoms with E-state index in [1.54, 1.807) is 48.5 Å². The number of hydrogen-bond acceptors (Lipinski definition) is 4. The Morgan fingerprint density at radius 3 is 2.32 bits per heavy atom. The molecule has 2 heterocycles. The van der Waals surface area contributed by atoms with Crippen LogP contribution >= 0.6 is 0 Å². The highest BCUT2D eigenvalue weighted by Gasteiger charge is 2.19. The number of quaternary nitrogens is 1. The number of benzene rings is 2. The molecule has 0 atom stereocenters. The van der Waals surface area contributed by atoms with Crippen LogP contribution in [0.3, 0.4) is 0 Å². The monoisotopic (exact) mass is 420 g/mol. The molecule has 2 amide bonds. The second-order valence-corrected chi connectivity index (χ2v) is 7.76. The van der Waals surface area contributed by atoms with Gasteiger partial charge in [-0.1, -0.05) is 36.4 Å². The van der Waals surface area contributed by atoms with E-state index in [4.69, 9.17) is 0 Å². The highest BCUT2D eigenvalue weighted by Crippen LogP contribution is 2.15. The zero-order chi connectivity index (χ0) is 21.6. The van der Waals surface area contributed by atoms with E-state index >= 15 is 0 Å². The van der Waals surface area contributed by atoms with E-state index in [2.05, 4.69) is 16.0 Å². The van der Waals surface area contributed by atoms with E-state index in [-0.39, 0.29) is 17.2 Å². The molecule has 2 aromatic carbocycles. The highest BCUT2D eigenvalue weighted by atomic mass is 16.2. The number of para-hydroxylation sites is 1. The molecule has 1 aromatic heterocycles. The summed E-state index contributed by atoms with van der Waals surface area (Å²) >= 11 is 0. The quantitative estimate of drug-likeness (QED) is 0.527. The van der Waals surface area contributed by atoms with Gasteiger partial charge in [0.2, 0.25) is 5.91 Å². The fourth-order valence-electron chi connectivity index (χ4n) is 3.94. The van der Waals surface area contributed by atoms with Crippen molar-refractivity contribution >= 4 is 22.6 Å². The smallest absolute Gasteiger partial charge is 0.290 e. The predicted octanol–water partition coefficient (Wildman–Crippen LogP) is 0.606. The van der Waals surface area contributed by atoms with Crippen molar-refractivity contribution in [1.29, 1.82) is 0 Å². The maximum atomic E-state index is 12.9. The topological polar surface area (TPSA) is 97.5 Å². The normalized spacial score (nSPS) is 14.3. The van der Waals surface area contributed by atoms with Crippen molar-refractivity contribution in [2.24, 2.45) is 0 Å². The number of hydrazine groups is 1. The number of hydrogen-bond donors (Lipinski definition) is 3. The summed E-state index contributed by atoms with van der Waals surface area (Å²) in [5.41, 5.74) is 5.24. The molecule has 0 spiro atoms. The van der Waals surface area contributed by atoms with Crippen LogP contribution < -0.4 is 21.3 Å². The van der Waals surface area contributed by atoms with Crippen LogP contribution in [0.15, 0.2) is 59.4 Å². The first-order chi connectivity index (χ1) is 15.1. The first kappa shape index (κ1) is 20.7. The summed E-state index contributed by atoms with van der Waals surface area (Å²) in [6, 6.07) is 15.7. The van der Waals surface area contributed by atoms with Crippen molar-refractivity contribution in [3.05, 3.63) is 70.6 Å². The number of piperidine rings is 1. The number of carbonyl (C=O) groups excluding carboxylic acids is 2. The number of amides is 2. The van der Waals surface area contributed by atoms with E-state index < -0.39 is 5.91 Å². The van der Waals surface area contributed by atoms with Crippen molar-refractivity contribution in [2.75, 3.05) is 19.6 Å². The molecule has 1 fully saturated rings. The summed E-state index contributed by atoms with van der Waals surface area (Å²) in [7, 11) is 0. The van der Waals surface area contributed by atoms with E-state index in [0.29, 0.717) is 22.9 Å². The third-order valence-electron chi connectivity index (χ3n) is 5.60. The molecule has 4 rings (SSSR count). The van der Waals surface area contributed by atoms with Crippen LogP contribution in [0.1, 0.15) is 36.2 Å². The van der Waals surface area contributed by atoms with Gasteiger partial charge in [0.05, 0.1) is 37.1 Å². The lowest BCUT2D eigenvalue weighted by atomic mass is 10.1. The second kappa shape index (κ2) is 9.53. The minimum atomic E-state index is -0.570. The zero-order valence-electron chi connectivity index (χ0n) is 17.3. The van der Waals surface area contributed by atoms with Gasteiger partial charge in [0.1, 0.15) is 0 Å². The lowest BCUT2D eigenvalue weighted by Crippen LogP contribution is -3.12. The fraction of sp³-hybridized carbons (Fsp3) is 0.304. The third kappa shape index (κ3) is 4.80. The largest absolute Gasteiger partial charge is 0.335 e. The molecule has 1 aliphatic rings. The standard InChI is InChI=1S/C23H25N5O3/c29-20(13-16-27-14-7-2-8-15-27)24-25-22(30)21-18-11-5-6-12-19(18)23(31)28(26-21)17-9-3-1-4-10-17/h1,3-6,9-12H,2,7-8,13-16H2,(H,24,29)(H,25,30)/p+1. The molecule has 160 valence electrons. The number of nitrogens with zero attached hydrogens (tertiary/aromatic N) is 2. The first-order valence-corrected chi connectivity index (χ1v) is 10.6. The summed E-state index contributed by atoms with van der Waals surface area (Å²) in [6.07, 6.45) is 4.00. The van der Waals surface area contributed by atoms with Gasteiger partial charge in [-0.2, -0.15) is 9.78 Å². The molecule has 8 heteroatoms. The van der Waals surface area contributed by atoms with Gasteiger partial charge in [0, 0.05) is 5.39 Å². The Morgan fingerprint density at radius 1 is 0.903 bits per heavy atom. The zero-order valence-corrected chi connectivity index (χ0v) is 17.3. The van der Waals surface area contributed by atoms with Crippen LogP contribution in [-0.4, -0.2) is 41.2 Å². The molecular formula is C23H26N5O3+. The molecule has 1 aliphatic heterocycles. The predicted molar refractivity (Wildman–Crippen MR) is 117 cm³/mol. The van der Waals surface area contributed by atoms with Crippen molar-refractivity contribution in [1.82, 2.24) is 20.6 Å². The number of carbonyl (C=O) groups is 2. The molecule has 0 unspecified atom stereocenters. The summed E-state index contributed by atoms with van der Waals surface area (Å²) in [4.78, 5) is 39.4. The Morgan fingerprint density at radius 2 is 1.58 bits per heavy atom. The highest BCUT2D eigenvalue weighted by molar-refractivity contribution is 6.05. The minimum absolute atomic E-state index is 0.0704. The van der Waals surface area contributed by atoms with Crippen LogP contribution in [0.25, 0.3) is 16.5 Å². The second-order valence-electron chi connectivity index (χ2n) is 7.76.